The standard InChI is InChI=1S/C23H35N7O.HI/c1-3-24-23(30-12-9-19(10-13-30)22-27-16-28-29-22)26-15-18-8-11-25-21(14-18)31-20-6-4-17(2)5-7-20;/h8,11,14,16-17,19-20H,3-7,9-10,12-13,15H2,1-2H3,(H,24,26)(H,27,28,29);1H. The van der Waals surface area contributed by atoms with E-state index in [4.69, 9.17) is 9.73 Å². The molecule has 0 spiro atoms. The van der Waals surface area contributed by atoms with Crippen molar-refractivity contribution in [2.24, 2.45) is 10.9 Å². The van der Waals surface area contributed by atoms with Gasteiger partial charge in [-0.3, -0.25) is 5.10 Å². The Morgan fingerprint density at radius 1 is 1.19 bits per heavy atom. The first-order valence-electron chi connectivity index (χ1n) is 11.7. The predicted molar refractivity (Wildman–Crippen MR) is 136 cm³/mol. The van der Waals surface area contributed by atoms with E-state index in [0.29, 0.717) is 18.6 Å². The lowest BCUT2D eigenvalue weighted by atomic mass is 9.89. The van der Waals surface area contributed by atoms with Gasteiger partial charge in [0.15, 0.2) is 5.96 Å². The molecule has 0 atom stereocenters. The van der Waals surface area contributed by atoms with Crippen molar-refractivity contribution in [1.82, 2.24) is 30.4 Å². The van der Waals surface area contributed by atoms with E-state index in [9.17, 15) is 0 Å². The summed E-state index contributed by atoms with van der Waals surface area (Å²) in [6.07, 6.45) is 10.6. The number of nitrogens with zero attached hydrogens (tertiary/aromatic N) is 5. The molecule has 4 rings (SSSR count). The molecule has 0 bridgehead atoms. The van der Waals surface area contributed by atoms with Crippen LogP contribution in [0.4, 0.5) is 0 Å². The zero-order valence-corrected chi connectivity index (χ0v) is 21.5. The second kappa shape index (κ2) is 12.4. The maximum absolute atomic E-state index is 6.16. The van der Waals surface area contributed by atoms with Crippen molar-refractivity contribution in [3.05, 3.63) is 36.0 Å². The van der Waals surface area contributed by atoms with Gasteiger partial charge in [0.2, 0.25) is 5.88 Å². The summed E-state index contributed by atoms with van der Waals surface area (Å²) in [7, 11) is 0. The van der Waals surface area contributed by atoms with Gasteiger partial charge in [0, 0.05) is 37.8 Å². The molecule has 1 saturated carbocycles. The molecule has 2 N–H and O–H groups in total. The van der Waals surface area contributed by atoms with Gasteiger partial charge in [-0.1, -0.05) is 6.92 Å². The first-order chi connectivity index (χ1) is 15.2. The lowest BCUT2D eigenvalue weighted by Gasteiger charge is -2.33. The molecule has 2 fully saturated rings. The fourth-order valence-corrected chi connectivity index (χ4v) is 4.50. The minimum absolute atomic E-state index is 0. The number of hydrogen-bond donors (Lipinski definition) is 2. The topological polar surface area (TPSA) is 91.3 Å². The molecule has 1 aliphatic carbocycles. The van der Waals surface area contributed by atoms with Gasteiger partial charge in [-0.2, -0.15) is 5.10 Å². The zero-order chi connectivity index (χ0) is 21.5. The first-order valence-corrected chi connectivity index (χ1v) is 11.7. The highest BCUT2D eigenvalue weighted by Gasteiger charge is 2.24. The summed E-state index contributed by atoms with van der Waals surface area (Å²) < 4.78 is 6.16. The van der Waals surface area contributed by atoms with Crippen molar-refractivity contribution in [2.45, 2.75) is 70.9 Å². The number of piperidine rings is 1. The Bertz CT molecular complexity index is 829. The fraction of sp³-hybridized carbons (Fsp3) is 0.652. The van der Waals surface area contributed by atoms with Crippen LogP contribution in [0.5, 0.6) is 5.88 Å². The summed E-state index contributed by atoms with van der Waals surface area (Å²) in [5.74, 6) is 3.96. The van der Waals surface area contributed by atoms with Crippen molar-refractivity contribution in [3.8, 4) is 5.88 Å². The Kier molecular flexibility index (Phi) is 9.55. The van der Waals surface area contributed by atoms with Crippen LogP contribution in [0.1, 0.15) is 69.7 Å². The number of rotatable bonds is 6. The van der Waals surface area contributed by atoms with Gasteiger partial charge in [-0.25, -0.2) is 15.0 Å². The molecule has 0 radical (unpaired) electrons. The highest BCUT2D eigenvalue weighted by atomic mass is 127. The number of hydrogen-bond acceptors (Lipinski definition) is 5. The highest BCUT2D eigenvalue weighted by Crippen LogP contribution is 2.27. The number of ether oxygens (including phenoxy) is 1. The molecule has 3 heterocycles. The quantitative estimate of drug-likeness (QED) is 0.318. The number of halogens is 1. The summed E-state index contributed by atoms with van der Waals surface area (Å²) in [4.78, 5) is 16.0. The van der Waals surface area contributed by atoms with E-state index < -0.39 is 0 Å². The fourth-order valence-electron chi connectivity index (χ4n) is 4.50. The third-order valence-corrected chi connectivity index (χ3v) is 6.41. The van der Waals surface area contributed by atoms with Crippen molar-refractivity contribution in [3.63, 3.8) is 0 Å². The molecule has 0 unspecified atom stereocenters. The lowest BCUT2D eigenvalue weighted by Crippen LogP contribution is -2.45. The molecule has 2 aromatic heterocycles. The first kappa shape index (κ1) is 24.7. The Morgan fingerprint density at radius 3 is 2.66 bits per heavy atom. The molecular weight excluding hydrogens is 517 g/mol. The maximum Gasteiger partial charge on any atom is 0.213 e. The summed E-state index contributed by atoms with van der Waals surface area (Å²) in [6, 6.07) is 4.07. The minimum atomic E-state index is 0. The number of aliphatic imine (C=N–C) groups is 1. The number of nitrogens with one attached hydrogen (secondary N) is 2. The SMILES string of the molecule is CCNC(=NCc1ccnc(OC2CCC(C)CC2)c1)N1CCC(c2ncn[nH]2)CC1.I. The van der Waals surface area contributed by atoms with Crippen LogP contribution in [0.25, 0.3) is 0 Å². The third-order valence-electron chi connectivity index (χ3n) is 6.41. The summed E-state index contributed by atoms with van der Waals surface area (Å²) in [5, 5.41) is 10.5. The zero-order valence-electron chi connectivity index (χ0n) is 19.2. The number of aromatic amines is 1. The molecule has 0 amide bonds. The Hall–Kier alpha value is -1.91. The monoisotopic (exact) mass is 553 g/mol. The minimum Gasteiger partial charge on any atom is -0.474 e. The molecule has 8 nitrogen and oxygen atoms in total. The van der Waals surface area contributed by atoms with E-state index in [1.807, 2.05) is 18.3 Å². The number of pyridine rings is 1. The van der Waals surface area contributed by atoms with E-state index in [2.05, 4.69) is 44.2 Å². The molecule has 176 valence electrons. The van der Waals surface area contributed by atoms with E-state index in [1.54, 1.807) is 6.33 Å². The predicted octanol–water partition coefficient (Wildman–Crippen LogP) is 4.12. The summed E-state index contributed by atoms with van der Waals surface area (Å²) >= 11 is 0. The van der Waals surface area contributed by atoms with E-state index in [-0.39, 0.29) is 24.0 Å². The highest BCUT2D eigenvalue weighted by molar-refractivity contribution is 14.0. The Balaban J connectivity index is 0.00000289. The van der Waals surface area contributed by atoms with Crippen molar-refractivity contribution >= 4 is 29.9 Å². The van der Waals surface area contributed by atoms with Crippen molar-refractivity contribution in [2.75, 3.05) is 19.6 Å². The van der Waals surface area contributed by atoms with E-state index in [1.165, 1.54) is 12.8 Å². The van der Waals surface area contributed by atoms with Gasteiger partial charge >= 0.3 is 0 Å². The third kappa shape index (κ3) is 6.79. The van der Waals surface area contributed by atoms with Gasteiger partial charge in [0.25, 0.3) is 0 Å². The average Bonchev–Trinajstić information content (AvgIpc) is 3.34. The van der Waals surface area contributed by atoms with Crippen molar-refractivity contribution < 1.29 is 4.74 Å². The van der Waals surface area contributed by atoms with Crippen LogP contribution in [0.3, 0.4) is 0 Å². The van der Waals surface area contributed by atoms with E-state index >= 15 is 0 Å². The van der Waals surface area contributed by atoms with Crippen molar-refractivity contribution in [1.29, 1.82) is 0 Å². The second-order valence-corrected chi connectivity index (χ2v) is 8.80. The summed E-state index contributed by atoms with van der Waals surface area (Å²) in [5.41, 5.74) is 1.13. The maximum atomic E-state index is 6.16. The number of guanidine groups is 1. The second-order valence-electron chi connectivity index (χ2n) is 8.80. The smallest absolute Gasteiger partial charge is 0.213 e. The van der Waals surface area contributed by atoms with Crippen LogP contribution in [0.2, 0.25) is 0 Å². The van der Waals surface area contributed by atoms with Crippen LogP contribution in [0.15, 0.2) is 29.6 Å². The summed E-state index contributed by atoms with van der Waals surface area (Å²) in [6.45, 7) is 7.83. The largest absolute Gasteiger partial charge is 0.474 e. The molecule has 32 heavy (non-hydrogen) atoms. The van der Waals surface area contributed by atoms with Gasteiger partial charge in [-0.15, -0.1) is 24.0 Å². The van der Waals surface area contributed by atoms with Gasteiger partial charge in [0.1, 0.15) is 18.3 Å². The molecule has 2 aliphatic rings. The average molecular weight is 553 g/mol. The number of likely N-dealkylation sites (tertiary alicyclic amines) is 1. The number of H-pyrrole nitrogens is 1. The molecule has 9 heteroatoms. The molecule has 1 aliphatic heterocycles. The normalized spacial score (nSPS) is 22.3. The van der Waals surface area contributed by atoms with Crippen LogP contribution in [-0.2, 0) is 6.54 Å². The lowest BCUT2D eigenvalue weighted by molar-refractivity contribution is 0.130. The molecule has 0 aromatic carbocycles. The Morgan fingerprint density at radius 2 is 1.97 bits per heavy atom. The van der Waals surface area contributed by atoms with Crippen LogP contribution in [-0.4, -0.2) is 56.8 Å². The van der Waals surface area contributed by atoms with E-state index in [0.717, 1.165) is 74.5 Å². The molecular formula is C23H36IN7O. The number of aromatic nitrogens is 4. The van der Waals surface area contributed by atoms with Gasteiger partial charge < -0.3 is 15.0 Å². The molecule has 2 aromatic rings. The van der Waals surface area contributed by atoms with Crippen LogP contribution >= 0.6 is 24.0 Å². The van der Waals surface area contributed by atoms with Gasteiger partial charge in [0.05, 0.1) is 6.54 Å². The van der Waals surface area contributed by atoms with Gasteiger partial charge in [-0.05, 0) is 63.0 Å². The van der Waals surface area contributed by atoms with Crippen LogP contribution in [0, 0.1) is 5.92 Å². The Labute approximate surface area is 208 Å². The van der Waals surface area contributed by atoms with Crippen LogP contribution < -0.4 is 10.1 Å². The molecule has 1 saturated heterocycles.